The Labute approximate surface area is 110 Å². The van der Waals surface area contributed by atoms with Gasteiger partial charge < -0.3 is 10.6 Å². The van der Waals surface area contributed by atoms with Crippen molar-refractivity contribution in [3.05, 3.63) is 24.0 Å². The van der Waals surface area contributed by atoms with E-state index in [0.717, 1.165) is 13.1 Å². The standard InChI is InChI=1S/C15H25N3/c1-3-18(14-8-9-17-11-12(14)2)15-7-5-4-6-13(15)10-16/h8-9,11,13,15H,3-7,10,16H2,1-2H3. The molecule has 2 N–H and O–H groups in total. The molecule has 0 radical (unpaired) electrons. The fourth-order valence-corrected chi connectivity index (χ4v) is 3.25. The number of pyridine rings is 1. The molecule has 18 heavy (non-hydrogen) atoms. The first-order valence-corrected chi connectivity index (χ1v) is 7.15. The van der Waals surface area contributed by atoms with Gasteiger partial charge >= 0.3 is 0 Å². The summed E-state index contributed by atoms with van der Waals surface area (Å²) in [6, 6.07) is 2.75. The second-order valence-electron chi connectivity index (χ2n) is 5.30. The summed E-state index contributed by atoms with van der Waals surface area (Å²) >= 11 is 0. The second-order valence-corrected chi connectivity index (χ2v) is 5.30. The van der Waals surface area contributed by atoms with E-state index in [0.29, 0.717) is 12.0 Å². The van der Waals surface area contributed by atoms with Gasteiger partial charge in [-0.15, -0.1) is 0 Å². The summed E-state index contributed by atoms with van der Waals surface area (Å²) in [6.07, 6.45) is 9.08. The second kappa shape index (κ2) is 6.19. The third-order valence-electron chi connectivity index (χ3n) is 4.21. The maximum absolute atomic E-state index is 5.96. The van der Waals surface area contributed by atoms with E-state index in [1.54, 1.807) is 0 Å². The molecule has 1 aliphatic carbocycles. The first-order valence-electron chi connectivity index (χ1n) is 7.15. The summed E-state index contributed by atoms with van der Waals surface area (Å²) in [7, 11) is 0. The Balaban J connectivity index is 2.24. The molecule has 1 heterocycles. The number of hydrogen-bond donors (Lipinski definition) is 1. The van der Waals surface area contributed by atoms with Crippen molar-refractivity contribution in [3.8, 4) is 0 Å². The lowest BCUT2D eigenvalue weighted by Crippen LogP contribution is -2.45. The van der Waals surface area contributed by atoms with E-state index in [-0.39, 0.29) is 0 Å². The highest BCUT2D eigenvalue weighted by Crippen LogP contribution is 2.32. The Bertz CT molecular complexity index is 378. The number of aryl methyl sites for hydroxylation is 1. The predicted octanol–water partition coefficient (Wildman–Crippen LogP) is 2.73. The molecule has 2 atom stereocenters. The minimum absolute atomic E-state index is 0.606. The maximum atomic E-state index is 5.96. The van der Waals surface area contributed by atoms with Crippen LogP contribution in [-0.2, 0) is 0 Å². The summed E-state index contributed by atoms with van der Waals surface area (Å²) in [6.45, 7) is 6.24. The van der Waals surface area contributed by atoms with Crippen molar-refractivity contribution in [3.63, 3.8) is 0 Å². The fraction of sp³-hybridized carbons (Fsp3) is 0.667. The third-order valence-corrected chi connectivity index (χ3v) is 4.21. The molecule has 1 aliphatic rings. The normalized spacial score (nSPS) is 23.9. The van der Waals surface area contributed by atoms with Gasteiger partial charge in [0.15, 0.2) is 0 Å². The maximum Gasteiger partial charge on any atom is 0.0429 e. The first-order chi connectivity index (χ1) is 8.77. The van der Waals surface area contributed by atoms with Gasteiger partial charge in [0.2, 0.25) is 0 Å². The molecule has 1 fully saturated rings. The minimum atomic E-state index is 0.606. The van der Waals surface area contributed by atoms with Crippen molar-refractivity contribution in [1.29, 1.82) is 0 Å². The van der Waals surface area contributed by atoms with Crippen LogP contribution in [0.1, 0.15) is 38.2 Å². The average Bonchev–Trinajstić information content (AvgIpc) is 2.42. The molecule has 3 heteroatoms. The van der Waals surface area contributed by atoms with Crippen molar-refractivity contribution in [2.24, 2.45) is 11.7 Å². The number of nitrogens with two attached hydrogens (primary N) is 1. The zero-order valence-corrected chi connectivity index (χ0v) is 11.6. The van der Waals surface area contributed by atoms with Gasteiger partial charge in [-0.1, -0.05) is 12.8 Å². The number of rotatable bonds is 4. The lowest BCUT2D eigenvalue weighted by Gasteiger charge is -2.41. The number of aromatic nitrogens is 1. The Morgan fingerprint density at radius 2 is 2.17 bits per heavy atom. The minimum Gasteiger partial charge on any atom is -0.368 e. The topological polar surface area (TPSA) is 42.2 Å². The smallest absolute Gasteiger partial charge is 0.0429 e. The molecule has 0 aromatic carbocycles. The molecule has 1 saturated carbocycles. The Hall–Kier alpha value is -1.09. The van der Waals surface area contributed by atoms with Gasteiger partial charge in [-0.3, -0.25) is 4.98 Å². The number of nitrogens with zero attached hydrogens (tertiary/aromatic N) is 2. The van der Waals surface area contributed by atoms with E-state index in [9.17, 15) is 0 Å². The van der Waals surface area contributed by atoms with E-state index in [1.807, 2.05) is 12.4 Å². The molecular formula is C15H25N3. The largest absolute Gasteiger partial charge is 0.368 e. The van der Waals surface area contributed by atoms with E-state index >= 15 is 0 Å². The molecule has 0 spiro atoms. The number of anilines is 1. The fourth-order valence-electron chi connectivity index (χ4n) is 3.25. The van der Waals surface area contributed by atoms with Crippen LogP contribution in [0.4, 0.5) is 5.69 Å². The van der Waals surface area contributed by atoms with Crippen LogP contribution < -0.4 is 10.6 Å². The molecule has 0 bridgehead atoms. The van der Waals surface area contributed by atoms with Gasteiger partial charge in [-0.2, -0.15) is 0 Å². The van der Waals surface area contributed by atoms with E-state index in [4.69, 9.17) is 5.73 Å². The lowest BCUT2D eigenvalue weighted by molar-refractivity contribution is 0.300. The first kappa shape index (κ1) is 13.3. The van der Waals surface area contributed by atoms with Gasteiger partial charge in [0.1, 0.15) is 0 Å². The van der Waals surface area contributed by atoms with Gasteiger partial charge in [0.05, 0.1) is 0 Å². The highest BCUT2D eigenvalue weighted by molar-refractivity contribution is 5.52. The number of hydrogen-bond acceptors (Lipinski definition) is 3. The van der Waals surface area contributed by atoms with Crippen LogP contribution in [0, 0.1) is 12.8 Å². The average molecular weight is 247 g/mol. The third kappa shape index (κ3) is 2.66. The van der Waals surface area contributed by atoms with Crippen LogP contribution in [0.25, 0.3) is 0 Å². The summed E-state index contributed by atoms with van der Waals surface area (Å²) in [5.74, 6) is 0.645. The van der Waals surface area contributed by atoms with Crippen LogP contribution in [-0.4, -0.2) is 24.1 Å². The predicted molar refractivity (Wildman–Crippen MR) is 76.8 cm³/mol. The summed E-state index contributed by atoms with van der Waals surface area (Å²) in [5, 5.41) is 0. The zero-order chi connectivity index (χ0) is 13.0. The van der Waals surface area contributed by atoms with Crippen LogP contribution >= 0.6 is 0 Å². The Morgan fingerprint density at radius 3 is 2.83 bits per heavy atom. The van der Waals surface area contributed by atoms with E-state index in [1.165, 1.54) is 36.9 Å². The van der Waals surface area contributed by atoms with Gasteiger partial charge in [-0.05, 0) is 50.8 Å². The van der Waals surface area contributed by atoms with Crippen LogP contribution in [0.15, 0.2) is 18.5 Å². The monoisotopic (exact) mass is 247 g/mol. The van der Waals surface area contributed by atoms with Gasteiger partial charge in [0.25, 0.3) is 0 Å². The molecule has 0 amide bonds. The van der Waals surface area contributed by atoms with Gasteiger partial charge in [0, 0.05) is 30.7 Å². The van der Waals surface area contributed by atoms with Gasteiger partial charge in [-0.25, -0.2) is 0 Å². The molecular weight excluding hydrogens is 222 g/mol. The van der Waals surface area contributed by atoms with Crippen molar-refractivity contribution in [2.45, 2.75) is 45.6 Å². The van der Waals surface area contributed by atoms with Crippen LogP contribution in [0.5, 0.6) is 0 Å². The molecule has 0 saturated heterocycles. The molecule has 3 nitrogen and oxygen atoms in total. The SMILES string of the molecule is CCN(c1ccncc1C)C1CCCCC1CN. The highest BCUT2D eigenvalue weighted by atomic mass is 15.2. The Morgan fingerprint density at radius 1 is 1.39 bits per heavy atom. The molecule has 100 valence electrons. The summed E-state index contributed by atoms with van der Waals surface area (Å²) in [5.41, 5.74) is 8.56. The molecule has 2 rings (SSSR count). The Kier molecular flexibility index (Phi) is 4.59. The molecule has 1 aromatic rings. The van der Waals surface area contributed by atoms with E-state index in [2.05, 4.69) is 29.8 Å². The van der Waals surface area contributed by atoms with Crippen molar-refractivity contribution < 1.29 is 0 Å². The lowest BCUT2D eigenvalue weighted by atomic mass is 9.83. The van der Waals surface area contributed by atoms with E-state index < -0.39 is 0 Å². The highest BCUT2D eigenvalue weighted by Gasteiger charge is 2.29. The molecule has 2 unspecified atom stereocenters. The summed E-state index contributed by atoms with van der Waals surface area (Å²) in [4.78, 5) is 6.73. The van der Waals surface area contributed by atoms with Crippen molar-refractivity contribution in [2.75, 3.05) is 18.0 Å². The summed E-state index contributed by atoms with van der Waals surface area (Å²) < 4.78 is 0. The molecule has 0 aliphatic heterocycles. The molecule has 1 aromatic heterocycles. The quantitative estimate of drug-likeness (QED) is 0.889. The van der Waals surface area contributed by atoms with Crippen molar-refractivity contribution >= 4 is 5.69 Å². The van der Waals surface area contributed by atoms with Crippen LogP contribution in [0.2, 0.25) is 0 Å². The van der Waals surface area contributed by atoms with Crippen LogP contribution in [0.3, 0.4) is 0 Å². The zero-order valence-electron chi connectivity index (χ0n) is 11.6. The van der Waals surface area contributed by atoms with Crippen molar-refractivity contribution in [1.82, 2.24) is 4.98 Å².